The van der Waals surface area contributed by atoms with Crippen molar-refractivity contribution >= 4 is 11.9 Å². The predicted octanol–water partition coefficient (Wildman–Crippen LogP) is 1.14. The smallest absolute Gasteiger partial charge is 0.328 e. The molecule has 6 nitrogen and oxygen atoms in total. The van der Waals surface area contributed by atoms with E-state index in [4.69, 9.17) is 9.63 Å². The molecule has 0 aliphatic heterocycles. The maximum Gasteiger partial charge on any atom is 0.328 e. The maximum atomic E-state index is 12.0. The lowest BCUT2D eigenvalue weighted by molar-refractivity contribution is -0.143. The van der Waals surface area contributed by atoms with Gasteiger partial charge in [-0.3, -0.25) is 4.79 Å². The van der Waals surface area contributed by atoms with Gasteiger partial charge in [0.1, 0.15) is 16.9 Å². The van der Waals surface area contributed by atoms with Gasteiger partial charge in [0, 0.05) is 0 Å². The van der Waals surface area contributed by atoms with Crippen LogP contribution in [0.2, 0.25) is 0 Å². The van der Waals surface area contributed by atoms with E-state index < -0.39 is 17.4 Å². The van der Waals surface area contributed by atoms with Crippen molar-refractivity contribution in [1.29, 1.82) is 0 Å². The number of aryl methyl sites for hydroxylation is 2. The predicted molar refractivity (Wildman–Crippen MR) is 59.8 cm³/mol. The maximum absolute atomic E-state index is 12.0. The third kappa shape index (κ3) is 2.64. The minimum Gasteiger partial charge on any atom is -0.480 e. The Labute approximate surface area is 99.0 Å². The van der Waals surface area contributed by atoms with Gasteiger partial charge in [-0.2, -0.15) is 0 Å². The second-order valence-corrected chi connectivity index (χ2v) is 4.30. The van der Waals surface area contributed by atoms with Crippen LogP contribution in [0, 0.1) is 6.92 Å². The summed E-state index contributed by atoms with van der Waals surface area (Å²) in [5.41, 5.74) is -0.478. The highest BCUT2D eigenvalue weighted by atomic mass is 16.5. The second kappa shape index (κ2) is 4.57. The number of aromatic nitrogens is 1. The van der Waals surface area contributed by atoms with Gasteiger partial charge in [0.25, 0.3) is 5.91 Å². The van der Waals surface area contributed by atoms with E-state index in [1.807, 2.05) is 6.92 Å². The van der Waals surface area contributed by atoms with E-state index in [2.05, 4.69) is 10.5 Å². The van der Waals surface area contributed by atoms with Gasteiger partial charge in [-0.25, -0.2) is 4.79 Å². The number of aliphatic carboxylic acids is 1. The first-order valence-corrected chi connectivity index (χ1v) is 5.30. The largest absolute Gasteiger partial charge is 0.480 e. The normalized spacial score (nSPS) is 11.3. The number of nitrogens with one attached hydrogen (secondary N) is 1. The fraction of sp³-hybridized carbons (Fsp3) is 0.545. The molecule has 1 amide bonds. The number of carboxylic acid groups (broad SMARTS) is 1. The Hall–Kier alpha value is -1.85. The molecular weight excluding hydrogens is 224 g/mol. The van der Waals surface area contributed by atoms with E-state index in [1.165, 1.54) is 13.8 Å². The van der Waals surface area contributed by atoms with Crippen molar-refractivity contribution < 1.29 is 19.2 Å². The molecule has 1 aromatic rings. The van der Waals surface area contributed by atoms with E-state index in [0.717, 1.165) is 0 Å². The lowest BCUT2D eigenvalue weighted by Gasteiger charge is -2.20. The third-order valence-electron chi connectivity index (χ3n) is 2.46. The minimum atomic E-state index is -1.33. The summed E-state index contributed by atoms with van der Waals surface area (Å²) in [6, 6.07) is 0. The monoisotopic (exact) mass is 240 g/mol. The number of carboxylic acids is 1. The highest BCUT2D eigenvalue weighted by Crippen LogP contribution is 2.15. The lowest BCUT2D eigenvalue weighted by Crippen LogP contribution is -2.49. The lowest BCUT2D eigenvalue weighted by atomic mass is 10.0. The standard InChI is InChI=1S/C11H16N2O4/c1-5-7-8(6(2)17-13-7)9(14)12-11(3,4)10(15)16/h5H2,1-4H3,(H,12,14)(H,15,16). The molecule has 0 saturated carbocycles. The van der Waals surface area contributed by atoms with Gasteiger partial charge in [-0.15, -0.1) is 0 Å². The Morgan fingerprint density at radius 1 is 1.47 bits per heavy atom. The molecule has 0 fully saturated rings. The highest BCUT2D eigenvalue weighted by molar-refractivity contribution is 5.99. The minimum absolute atomic E-state index is 0.321. The molecule has 1 rings (SSSR count). The summed E-state index contributed by atoms with van der Waals surface area (Å²) >= 11 is 0. The van der Waals surface area contributed by atoms with Crippen LogP contribution in [-0.4, -0.2) is 27.7 Å². The van der Waals surface area contributed by atoms with Crippen molar-refractivity contribution in [3.63, 3.8) is 0 Å². The van der Waals surface area contributed by atoms with Crippen LogP contribution in [0.5, 0.6) is 0 Å². The molecule has 0 aliphatic rings. The summed E-state index contributed by atoms with van der Waals surface area (Å²) in [4.78, 5) is 22.9. The van der Waals surface area contributed by atoms with Crippen molar-refractivity contribution in [3.05, 3.63) is 17.0 Å². The molecular formula is C11H16N2O4. The van der Waals surface area contributed by atoms with E-state index >= 15 is 0 Å². The first-order chi connectivity index (χ1) is 7.79. The summed E-state index contributed by atoms with van der Waals surface area (Å²) in [7, 11) is 0. The topological polar surface area (TPSA) is 92.4 Å². The Bertz CT molecular complexity index is 448. The van der Waals surface area contributed by atoms with Gasteiger partial charge in [0.05, 0.1) is 5.69 Å². The molecule has 2 N–H and O–H groups in total. The van der Waals surface area contributed by atoms with Crippen LogP contribution in [0.25, 0.3) is 0 Å². The van der Waals surface area contributed by atoms with Crippen LogP contribution in [0.1, 0.15) is 42.6 Å². The number of carbonyl (C=O) groups excluding carboxylic acids is 1. The van der Waals surface area contributed by atoms with Crippen molar-refractivity contribution in [2.75, 3.05) is 0 Å². The van der Waals surface area contributed by atoms with E-state index in [0.29, 0.717) is 23.4 Å². The van der Waals surface area contributed by atoms with Gasteiger partial charge in [0.2, 0.25) is 0 Å². The zero-order valence-corrected chi connectivity index (χ0v) is 10.3. The van der Waals surface area contributed by atoms with Gasteiger partial charge < -0.3 is 14.9 Å². The fourth-order valence-electron chi connectivity index (χ4n) is 1.35. The molecule has 0 atom stereocenters. The Balaban J connectivity index is 2.98. The molecule has 0 radical (unpaired) electrons. The zero-order valence-electron chi connectivity index (χ0n) is 10.3. The average molecular weight is 240 g/mol. The van der Waals surface area contributed by atoms with Crippen LogP contribution in [0.3, 0.4) is 0 Å². The number of hydrogen-bond acceptors (Lipinski definition) is 4. The Morgan fingerprint density at radius 3 is 2.53 bits per heavy atom. The first kappa shape index (κ1) is 13.2. The Morgan fingerprint density at radius 2 is 2.06 bits per heavy atom. The second-order valence-electron chi connectivity index (χ2n) is 4.30. The number of carbonyl (C=O) groups is 2. The van der Waals surface area contributed by atoms with E-state index in [9.17, 15) is 9.59 Å². The molecule has 0 spiro atoms. The molecule has 1 heterocycles. The SMILES string of the molecule is CCc1noc(C)c1C(=O)NC(C)(C)C(=O)O. The van der Waals surface area contributed by atoms with Crippen LogP contribution in [-0.2, 0) is 11.2 Å². The molecule has 94 valence electrons. The summed E-state index contributed by atoms with van der Waals surface area (Å²) in [5, 5.41) is 15.1. The van der Waals surface area contributed by atoms with Crippen molar-refractivity contribution in [2.24, 2.45) is 0 Å². The summed E-state index contributed by atoms with van der Waals surface area (Å²) < 4.78 is 4.92. The van der Waals surface area contributed by atoms with Gasteiger partial charge in [0.15, 0.2) is 0 Å². The van der Waals surface area contributed by atoms with E-state index in [-0.39, 0.29) is 0 Å². The van der Waals surface area contributed by atoms with Crippen molar-refractivity contribution in [2.45, 2.75) is 39.7 Å². The molecule has 6 heteroatoms. The summed E-state index contributed by atoms with van der Waals surface area (Å²) in [6.07, 6.45) is 0.549. The Kier molecular flexibility index (Phi) is 3.55. The number of amides is 1. The molecule has 0 bridgehead atoms. The molecule has 1 aromatic heterocycles. The molecule has 0 unspecified atom stereocenters. The fourth-order valence-corrected chi connectivity index (χ4v) is 1.35. The van der Waals surface area contributed by atoms with Gasteiger partial charge >= 0.3 is 5.97 Å². The quantitative estimate of drug-likeness (QED) is 0.823. The first-order valence-electron chi connectivity index (χ1n) is 5.30. The molecule has 17 heavy (non-hydrogen) atoms. The number of nitrogens with zero attached hydrogens (tertiary/aromatic N) is 1. The van der Waals surface area contributed by atoms with Crippen LogP contribution >= 0.6 is 0 Å². The van der Waals surface area contributed by atoms with Crippen LogP contribution < -0.4 is 5.32 Å². The molecule has 0 aromatic carbocycles. The average Bonchev–Trinajstić information content (AvgIpc) is 2.58. The van der Waals surface area contributed by atoms with Crippen molar-refractivity contribution in [1.82, 2.24) is 10.5 Å². The van der Waals surface area contributed by atoms with Crippen molar-refractivity contribution in [3.8, 4) is 0 Å². The number of rotatable bonds is 4. The number of hydrogen-bond donors (Lipinski definition) is 2. The zero-order chi connectivity index (χ0) is 13.2. The van der Waals surface area contributed by atoms with E-state index in [1.54, 1.807) is 6.92 Å². The highest BCUT2D eigenvalue weighted by Gasteiger charge is 2.31. The molecule has 0 saturated heterocycles. The van der Waals surface area contributed by atoms with Crippen LogP contribution in [0.15, 0.2) is 4.52 Å². The van der Waals surface area contributed by atoms with Crippen LogP contribution in [0.4, 0.5) is 0 Å². The third-order valence-corrected chi connectivity index (χ3v) is 2.46. The summed E-state index contributed by atoms with van der Waals surface area (Å²) in [5.74, 6) is -1.19. The molecule has 0 aliphatic carbocycles. The summed E-state index contributed by atoms with van der Waals surface area (Å²) in [6.45, 7) is 6.30. The van der Waals surface area contributed by atoms with Gasteiger partial charge in [-0.05, 0) is 27.2 Å². The van der Waals surface area contributed by atoms with Gasteiger partial charge in [-0.1, -0.05) is 12.1 Å².